The molecule has 0 aliphatic carbocycles. The number of aliphatic hydroxyl groups is 1. The van der Waals surface area contributed by atoms with Gasteiger partial charge in [-0.1, -0.05) is 13.8 Å². The summed E-state index contributed by atoms with van der Waals surface area (Å²) >= 11 is 0. The summed E-state index contributed by atoms with van der Waals surface area (Å²) in [6, 6.07) is 0. The maximum atomic E-state index is 9.40. The van der Waals surface area contributed by atoms with Gasteiger partial charge in [-0.25, -0.2) is 0 Å². The number of piperidine rings is 1. The van der Waals surface area contributed by atoms with Crippen molar-refractivity contribution in [3.05, 3.63) is 0 Å². The highest BCUT2D eigenvalue weighted by atomic mass is 16.5. The van der Waals surface area contributed by atoms with Gasteiger partial charge in [-0.15, -0.1) is 0 Å². The van der Waals surface area contributed by atoms with E-state index in [1.54, 1.807) is 0 Å². The topological polar surface area (TPSA) is 32.7 Å². The van der Waals surface area contributed by atoms with Gasteiger partial charge < -0.3 is 14.7 Å². The van der Waals surface area contributed by atoms with Crippen LogP contribution >= 0.6 is 0 Å². The Bertz CT molecular complexity index is 184. The molecule has 0 amide bonds. The highest BCUT2D eigenvalue weighted by Gasteiger charge is 2.27. The third-order valence-electron chi connectivity index (χ3n) is 3.78. The second-order valence-corrected chi connectivity index (χ2v) is 5.25. The van der Waals surface area contributed by atoms with Crippen molar-refractivity contribution in [1.29, 1.82) is 0 Å². The van der Waals surface area contributed by atoms with Crippen LogP contribution in [-0.2, 0) is 4.74 Å². The molecule has 1 N–H and O–H groups in total. The molecule has 1 unspecified atom stereocenters. The monoisotopic (exact) mass is 229 g/mol. The summed E-state index contributed by atoms with van der Waals surface area (Å²) in [5, 5.41) is 9.40. The third kappa shape index (κ3) is 4.04. The zero-order valence-electron chi connectivity index (χ0n) is 11.0. The van der Waals surface area contributed by atoms with Crippen LogP contribution in [0.1, 0.15) is 40.0 Å². The molecule has 0 aromatic rings. The van der Waals surface area contributed by atoms with Crippen molar-refractivity contribution in [1.82, 2.24) is 4.90 Å². The Morgan fingerprint density at radius 1 is 1.31 bits per heavy atom. The standard InChI is InChI=1S/C13H27NO2/c1-4-13(3,11-15)10-14-8-6-12(7-9-14)16-5-2/h12,15H,4-11H2,1-3H3. The van der Waals surface area contributed by atoms with Crippen LogP contribution < -0.4 is 0 Å². The Labute approximate surface area is 99.8 Å². The number of likely N-dealkylation sites (tertiary alicyclic amines) is 1. The Hall–Kier alpha value is -0.120. The van der Waals surface area contributed by atoms with Crippen LogP contribution in [0.25, 0.3) is 0 Å². The fraction of sp³-hybridized carbons (Fsp3) is 1.00. The molecule has 3 heteroatoms. The molecule has 16 heavy (non-hydrogen) atoms. The summed E-state index contributed by atoms with van der Waals surface area (Å²) in [4.78, 5) is 2.47. The van der Waals surface area contributed by atoms with E-state index >= 15 is 0 Å². The fourth-order valence-electron chi connectivity index (χ4n) is 2.28. The summed E-state index contributed by atoms with van der Waals surface area (Å²) in [7, 11) is 0. The number of aliphatic hydroxyl groups excluding tert-OH is 1. The Morgan fingerprint density at radius 3 is 2.38 bits per heavy atom. The molecule has 3 nitrogen and oxygen atoms in total. The van der Waals surface area contributed by atoms with Gasteiger partial charge in [-0.05, 0) is 26.2 Å². The Balaban J connectivity index is 2.31. The molecule has 1 aliphatic rings. The van der Waals surface area contributed by atoms with Gasteiger partial charge in [0.05, 0.1) is 6.10 Å². The second-order valence-electron chi connectivity index (χ2n) is 5.25. The van der Waals surface area contributed by atoms with Crippen molar-refractivity contribution < 1.29 is 9.84 Å². The van der Waals surface area contributed by atoms with Crippen molar-refractivity contribution in [2.24, 2.45) is 5.41 Å². The molecule has 1 saturated heterocycles. The first-order valence-electron chi connectivity index (χ1n) is 6.58. The minimum Gasteiger partial charge on any atom is -0.396 e. The predicted molar refractivity (Wildman–Crippen MR) is 66.6 cm³/mol. The lowest BCUT2D eigenvalue weighted by Gasteiger charge is -2.37. The van der Waals surface area contributed by atoms with Crippen molar-refractivity contribution in [2.75, 3.05) is 32.8 Å². The fourth-order valence-corrected chi connectivity index (χ4v) is 2.28. The average Bonchev–Trinajstić information content (AvgIpc) is 2.32. The zero-order valence-corrected chi connectivity index (χ0v) is 11.0. The van der Waals surface area contributed by atoms with E-state index in [2.05, 4.69) is 25.7 Å². The Kier molecular flexibility index (Phi) is 5.73. The van der Waals surface area contributed by atoms with Gasteiger partial charge in [0.2, 0.25) is 0 Å². The smallest absolute Gasteiger partial charge is 0.0599 e. The van der Waals surface area contributed by atoms with Gasteiger partial charge in [-0.3, -0.25) is 0 Å². The van der Waals surface area contributed by atoms with E-state index in [1.165, 1.54) is 0 Å². The maximum absolute atomic E-state index is 9.40. The molecule has 1 fully saturated rings. The molecular weight excluding hydrogens is 202 g/mol. The number of hydrogen-bond acceptors (Lipinski definition) is 3. The van der Waals surface area contributed by atoms with Crippen LogP contribution in [-0.4, -0.2) is 49.0 Å². The van der Waals surface area contributed by atoms with Crippen LogP contribution in [0, 0.1) is 5.41 Å². The van der Waals surface area contributed by atoms with Gasteiger partial charge >= 0.3 is 0 Å². The zero-order chi connectivity index (χ0) is 12.0. The summed E-state index contributed by atoms with van der Waals surface area (Å²) in [6.07, 6.45) is 3.77. The highest BCUT2D eigenvalue weighted by Crippen LogP contribution is 2.24. The van der Waals surface area contributed by atoms with E-state index in [9.17, 15) is 5.11 Å². The third-order valence-corrected chi connectivity index (χ3v) is 3.78. The first kappa shape index (κ1) is 13.9. The highest BCUT2D eigenvalue weighted by molar-refractivity contribution is 4.80. The van der Waals surface area contributed by atoms with E-state index in [1.807, 2.05) is 0 Å². The molecule has 0 aromatic carbocycles. The molecule has 96 valence electrons. The van der Waals surface area contributed by atoms with Crippen molar-refractivity contribution >= 4 is 0 Å². The first-order chi connectivity index (χ1) is 7.63. The largest absolute Gasteiger partial charge is 0.396 e. The lowest BCUT2D eigenvalue weighted by Crippen LogP contribution is -2.43. The average molecular weight is 229 g/mol. The molecule has 1 rings (SSSR count). The predicted octanol–water partition coefficient (Wildman–Crippen LogP) is 1.90. The van der Waals surface area contributed by atoms with Gasteiger partial charge in [0.1, 0.15) is 0 Å². The maximum Gasteiger partial charge on any atom is 0.0599 e. The molecule has 1 atom stereocenters. The number of rotatable bonds is 6. The molecule has 0 saturated carbocycles. The number of ether oxygens (including phenoxy) is 1. The van der Waals surface area contributed by atoms with Gasteiger partial charge in [0, 0.05) is 38.3 Å². The van der Waals surface area contributed by atoms with Crippen molar-refractivity contribution in [3.63, 3.8) is 0 Å². The molecule has 1 heterocycles. The summed E-state index contributed by atoms with van der Waals surface area (Å²) < 4.78 is 5.64. The van der Waals surface area contributed by atoms with E-state index in [4.69, 9.17) is 4.74 Å². The lowest BCUT2D eigenvalue weighted by molar-refractivity contribution is -0.00160. The van der Waals surface area contributed by atoms with Crippen molar-refractivity contribution in [3.8, 4) is 0 Å². The van der Waals surface area contributed by atoms with Crippen LogP contribution in [0.2, 0.25) is 0 Å². The van der Waals surface area contributed by atoms with Gasteiger partial charge in [0.15, 0.2) is 0 Å². The number of hydrogen-bond donors (Lipinski definition) is 1. The van der Waals surface area contributed by atoms with E-state index in [-0.39, 0.29) is 12.0 Å². The molecule has 0 aromatic heterocycles. The number of nitrogens with zero attached hydrogens (tertiary/aromatic N) is 1. The van der Waals surface area contributed by atoms with Crippen molar-refractivity contribution in [2.45, 2.75) is 46.1 Å². The second kappa shape index (κ2) is 6.58. The molecule has 0 bridgehead atoms. The molecule has 1 aliphatic heterocycles. The quantitative estimate of drug-likeness (QED) is 0.755. The van der Waals surface area contributed by atoms with E-state index in [0.29, 0.717) is 6.10 Å². The molecular formula is C13H27NO2. The summed E-state index contributed by atoms with van der Waals surface area (Å²) in [5.74, 6) is 0. The lowest BCUT2D eigenvalue weighted by atomic mass is 9.87. The van der Waals surface area contributed by atoms with Crippen LogP contribution in [0.15, 0.2) is 0 Å². The van der Waals surface area contributed by atoms with Crippen LogP contribution in [0.5, 0.6) is 0 Å². The summed E-state index contributed by atoms with van der Waals surface area (Å²) in [5.41, 5.74) is 0.0679. The first-order valence-corrected chi connectivity index (χ1v) is 6.58. The van der Waals surface area contributed by atoms with Crippen LogP contribution in [0.3, 0.4) is 0 Å². The molecule has 0 radical (unpaired) electrons. The Morgan fingerprint density at radius 2 is 1.94 bits per heavy atom. The summed E-state index contributed by atoms with van der Waals surface area (Å²) in [6.45, 7) is 10.7. The normalized spacial score (nSPS) is 23.2. The minimum absolute atomic E-state index is 0.0679. The SMILES string of the molecule is CCOC1CCN(CC(C)(CC)CO)CC1. The van der Waals surface area contributed by atoms with Gasteiger partial charge in [-0.2, -0.15) is 0 Å². The van der Waals surface area contributed by atoms with Gasteiger partial charge in [0.25, 0.3) is 0 Å². The van der Waals surface area contributed by atoms with E-state index in [0.717, 1.165) is 45.5 Å². The minimum atomic E-state index is 0.0679. The van der Waals surface area contributed by atoms with Crippen LogP contribution in [0.4, 0.5) is 0 Å². The molecule has 0 spiro atoms. The van der Waals surface area contributed by atoms with E-state index < -0.39 is 0 Å².